The summed E-state index contributed by atoms with van der Waals surface area (Å²) in [7, 11) is 0. The van der Waals surface area contributed by atoms with E-state index in [0.717, 1.165) is 24.2 Å². The first kappa shape index (κ1) is 21.3. The van der Waals surface area contributed by atoms with Crippen molar-refractivity contribution in [2.24, 2.45) is 0 Å². The first-order chi connectivity index (χ1) is 15.0. The average Bonchev–Trinajstić information content (AvgIpc) is 3.42. The molecule has 4 rings (SSSR count). The number of amides is 1. The van der Waals surface area contributed by atoms with E-state index in [1.165, 1.54) is 13.3 Å². The number of benzene rings is 1. The van der Waals surface area contributed by atoms with Gasteiger partial charge in [0.15, 0.2) is 5.82 Å². The van der Waals surface area contributed by atoms with E-state index in [9.17, 15) is 9.18 Å². The van der Waals surface area contributed by atoms with Crippen LogP contribution in [0.4, 0.5) is 10.2 Å². The molecule has 2 aliphatic heterocycles. The first-order valence-corrected chi connectivity index (χ1v) is 10.5. The fraction of sp³-hybridized carbons (Fsp3) is 0.500. The average molecular weight is 430 g/mol. The van der Waals surface area contributed by atoms with E-state index in [-0.39, 0.29) is 35.9 Å². The van der Waals surface area contributed by atoms with Gasteiger partial charge >= 0.3 is 0 Å². The Morgan fingerprint density at radius 1 is 1.23 bits per heavy atom. The second-order valence-electron chi connectivity index (χ2n) is 7.89. The number of ether oxygens (including phenoxy) is 3. The lowest BCUT2D eigenvalue weighted by Gasteiger charge is -2.20. The monoisotopic (exact) mass is 430 g/mol. The lowest BCUT2D eigenvalue weighted by atomic mass is 10.1. The van der Waals surface area contributed by atoms with Gasteiger partial charge in [0.1, 0.15) is 24.3 Å². The summed E-state index contributed by atoms with van der Waals surface area (Å²) in [6.07, 6.45) is 2.54. The molecule has 2 aliphatic rings. The number of aromatic nitrogens is 2. The molecular formula is C22H27FN4O4. The Bertz CT molecular complexity index is 905. The maximum absolute atomic E-state index is 14.9. The minimum Gasteiger partial charge on any atom is -0.489 e. The molecular weight excluding hydrogens is 403 g/mol. The predicted octanol–water partition coefficient (Wildman–Crippen LogP) is 2.64. The molecule has 8 nitrogen and oxygen atoms in total. The maximum atomic E-state index is 14.9. The molecule has 3 atom stereocenters. The van der Waals surface area contributed by atoms with Crippen molar-refractivity contribution >= 4 is 11.7 Å². The molecule has 1 N–H and O–H groups in total. The summed E-state index contributed by atoms with van der Waals surface area (Å²) in [6.45, 7) is 5.63. The molecule has 2 saturated heterocycles. The molecule has 0 aliphatic carbocycles. The fourth-order valence-electron chi connectivity index (χ4n) is 3.84. The van der Waals surface area contributed by atoms with Crippen molar-refractivity contribution in [3.63, 3.8) is 0 Å². The minimum atomic E-state index is -0.550. The summed E-state index contributed by atoms with van der Waals surface area (Å²) < 4.78 is 31.9. The molecule has 3 heterocycles. The van der Waals surface area contributed by atoms with E-state index in [1.807, 2.05) is 36.1 Å². The van der Waals surface area contributed by atoms with Gasteiger partial charge in [-0.2, -0.15) is 9.37 Å². The molecule has 31 heavy (non-hydrogen) atoms. The van der Waals surface area contributed by atoms with Crippen LogP contribution in [0.1, 0.15) is 38.3 Å². The quantitative estimate of drug-likeness (QED) is 0.723. The Balaban J connectivity index is 1.36. The summed E-state index contributed by atoms with van der Waals surface area (Å²) >= 11 is 0. The van der Waals surface area contributed by atoms with Gasteiger partial charge in [0.2, 0.25) is 11.7 Å². The van der Waals surface area contributed by atoms with Crippen molar-refractivity contribution in [2.75, 3.05) is 31.2 Å². The molecule has 2 fully saturated rings. The highest BCUT2D eigenvalue weighted by Crippen LogP contribution is 2.29. The number of carbonyl (C=O) groups excluding carboxylic acids is 1. The summed E-state index contributed by atoms with van der Waals surface area (Å²) in [4.78, 5) is 21.2. The third-order valence-corrected chi connectivity index (χ3v) is 5.45. The van der Waals surface area contributed by atoms with Gasteiger partial charge < -0.3 is 24.4 Å². The van der Waals surface area contributed by atoms with Crippen molar-refractivity contribution in [3.05, 3.63) is 42.0 Å². The summed E-state index contributed by atoms with van der Waals surface area (Å²) in [6, 6.07) is 7.57. The number of carbonyl (C=O) groups is 1. The van der Waals surface area contributed by atoms with Crippen LogP contribution in [0.3, 0.4) is 0 Å². The van der Waals surface area contributed by atoms with Gasteiger partial charge in [-0.25, -0.2) is 4.98 Å². The standard InChI is InChI=1S/C22H27FN4O4/c1-14(26-15(2)28)16-3-5-17(6-4-16)30-18-7-9-27(11-18)21-20(23)22(25-13-24-21)31-19-8-10-29-12-19/h3-6,13-14,18-19H,7-12H2,1-2H3,(H,26,28)/t14-,18+,19+/m0/s1. The van der Waals surface area contributed by atoms with E-state index in [4.69, 9.17) is 14.2 Å². The SMILES string of the molecule is CC(=O)N[C@@H](C)c1ccc(O[C@@H]2CCN(c3ncnc(O[C@@H]4CCOC4)c3F)C2)cc1. The molecule has 1 aromatic heterocycles. The summed E-state index contributed by atoms with van der Waals surface area (Å²) in [5.74, 6) is 0.314. The second-order valence-corrected chi connectivity index (χ2v) is 7.89. The van der Waals surface area contributed by atoms with Crippen LogP contribution in [-0.2, 0) is 9.53 Å². The molecule has 0 saturated carbocycles. The zero-order valence-corrected chi connectivity index (χ0v) is 17.7. The van der Waals surface area contributed by atoms with Crippen molar-refractivity contribution in [3.8, 4) is 11.6 Å². The highest BCUT2D eigenvalue weighted by molar-refractivity contribution is 5.73. The van der Waals surface area contributed by atoms with E-state index >= 15 is 0 Å². The van der Waals surface area contributed by atoms with Crippen LogP contribution in [0.25, 0.3) is 0 Å². The second kappa shape index (κ2) is 9.47. The molecule has 0 unspecified atom stereocenters. The molecule has 2 aromatic rings. The molecule has 9 heteroatoms. The zero-order valence-electron chi connectivity index (χ0n) is 17.7. The van der Waals surface area contributed by atoms with Gasteiger partial charge in [-0.15, -0.1) is 0 Å². The van der Waals surface area contributed by atoms with Crippen LogP contribution in [0.2, 0.25) is 0 Å². The predicted molar refractivity (Wildman–Crippen MR) is 112 cm³/mol. The highest BCUT2D eigenvalue weighted by atomic mass is 19.1. The maximum Gasteiger partial charge on any atom is 0.256 e. The minimum absolute atomic E-state index is 0.0336. The Labute approximate surface area is 180 Å². The van der Waals surface area contributed by atoms with E-state index in [0.29, 0.717) is 26.3 Å². The summed E-state index contributed by atoms with van der Waals surface area (Å²) in [5, 5.41) is 2.86. The third kappa shape index (κ3) is 5.22. The van der Waals surface area contributed by atoms with Gasteiger partial charge in [0.05, 0.1) is 25.8 Å². The number of hydrogen-bond acceptors (Lipinski definition) is 7. The van der Waals surface area contributed by atoms with Crippen molar-refractivity contribution in [1.82, 2.24) is 15.3 Å². The Kier molecular flexibility index (Phi) is 6.50. The third-order valence-electron chi connectivity index (χ3n) is 5.45. The largest absolute Gasteiger partial charge is 0.489 e. The van der Waals surface area contributed by atoms with Crippen LogP contribution in [-0.4, -0.2) is 54.4 Å². The van der Waals surface area contributed by atoms with Crippen LogP contribution < -0.4 is 19.7 Å². The van der Waals surface area contributed by atoms with Gasteiger partial charge in [0, 0.05) is 26.3 Å². The highest BCUT2D eigenvalue weighted by Gasteiger charge is 2.29. The number of rotatable bonds is 7. The Morgan fingerprint density at radius 3 is 2.74 bits per heavy atom. The fourth-order valence-corrected chi connectivity index (χ4v) is 3.84. The first-order valence-electron chi connectivity index (χ1n) is 10.5. The van der Waals surface area contributed by atoms with Gasteiger partial charge in [-0.3, -0.25) is 4.79 Å². The smallest absolute Gasteiger partial charge is 0.256 e. The lowest BCUT2D eigenvalue weighted by Crippen LogP contribution is -2.27. The van der Waals surface area contributed by atoms with Crippen LogP contribution >= 0.6 is 0 Å². The van der Waals surface area contributed by atoms with Crippen LogP contribution in [0.5, 0.6) is 11.6 Å². The number of nitrogens with zero attached hydrogens (tertiary/aromatic N) is 3. The van der Waals surface area contributed by atoms with E-state index in [1.54, 1.807) is 0 Å². The number of anilines is 1. The van der Waals surface area contributed by atoms with Gasteiger partial charge in [-0.05, 0) is 24.6 Å². The molecule has 166 valence electrons. The topological polar surface area (TPSA) is 85.8 Å². The van der Waals surface area contributed by atoms with Crippen molar-refractivity contribution in [1.29, 1.82) is 0 Å². The lowest BCUT2D eigenvalue weighted by molar-refractivity contribution is -0.119. The molecule has 0 spiro atoms. The van der Waals surface area contributed by atoms with Gasteiger partial charge in [-0.1, -0.05) is 12.1 Å². The number of nitrogens with one attached hydrogen (secondary N) is 1. The Hall–Kier alpha value is -2.94. The van der Waals surface area contributed by atoms with Gasteiger partial charge in [0.25, 0.3) is 5.88 Å². The van der Waals surface area contributed by atoms with Crippen LogP contribution in [0.15, 0.2) is 30.6 Å². The van der Waals surface area contributed by atoms with Crippen LogP contribution in [0, 0.1) is 5.82 Å². The number of halogens is 1. The number of hydrogen-bond donors (Lipinski definition) is 1. The molecule has 0 bridgehead atoms. The molecule has 0 radical (unpaired) electrons. The van der Waals surface area contributed by atoms with Crippen molar-refractivity contribution < 1.29 is 23.4 Å². The molecule has 1 amide bonds. The van der Waals surface area contributed by atoms with E-state index < -0.39 is 5.82 Å². The molecule has 1 aromatic carbocycles. The summed E-state index contributed by atoms with van der Waals surface area (Å²) in [5.41, 5.74) is 0.999. The normalized spacial score (nSPS) is 21.7. The van der Waals surface area contributed by atoms with Crippen molar-refractivity contribution in [2.45, 2.75) is 44.9 Å². The zero-order chi connectivity index (χ0) is 21.8. The van der Waals surface area contributed by atoms with E-state index in [2.05, 4.69) is 15.3 Å². The Morgan fingerprint density at radius 2 is 2.03 bits per heavy atom.